The Morgan fingerprint density at radius 1 is 1.55 bits per heavy atom. The Morgan fingerprint density at radius 2 is 2.18 bits per heavy atom. The Labute approximate surface area is 70.4 Å². The first-order chi connectivity index (χ1) is 5.34. The molecule has 1 aliphatic rings. The van der Waals surface area contributed by atoms with E-state index in [0.29, 0.717) is 0 Å². The Bertz CT molecular complexity index is 116. The molecule has 1 heteroatoms. The standard InChI is InChI=1S/C8H14O.C2H6/c1-3-7(2)8-4-5-9-6-8;1-2/h6-7H,3-5H2,1-2H3;1-2H3. The van der Waals surface area contributed by atoms with Crippen molar-refractivity contribution in [3.63, 3.8) is 0 Å². The highest BCUT2D eigenvalue weighted by atomic mass is 16.5. The third-order valence-electron chi connectivity index (χ3n) is 1.99. The zero-order valence-electron chi connectivity index (χ0n) is 8.18. The molecule has 0 aromatic rings. The summed E-state index contributed by atoms with van der Waals surface area (Å²) in [4.78, 5) is 0. The van der Waals surface area contributed by atoms with E-state index in [4.69, 9.17) is 4.74 Å². The van der Waals surface area contributed by atoms with E-state index in [1.54, 1.807) is 0 Å². The highest BCUT2D eigenvalue weighted by Gasteiger charge is 2.10. The predicted molar refractivity (Wildman–Crippen MR) is 49.5 cm³/mol. The predicted octanol–water partition coefficient (Wildman–Crippen LogP) is 3.36. The fourth-order valence-corrected chi connectivity index (χ4v) is 1.03. The molecular formula is C10H20O. The van der Waals surface area contributed by atoms with Gasteiger partial charge in [0.1, 0.15) is 0 Å². The quantitative estimate of drug-likeness (QED) is 0.595. The second-order valence-corrected chi connectivity index (χ2v) is 2.62. The topological polar surface area (TPSA) is 9.23 Å². The lowest BCUT2D eigenvalue weighted by Crippen LogP contribution is -1.94. The number of hydrogen-bond acceptors (Lipinski definition) is 1. The molecule has 1 unspecified atom stereocenters. The minimum atomic E-state index is 0.729. The van der Waals surface area contributed by atoms with Gasteiger partial charge in [-0.15, -0.1) is 0 Å². The van der Waals surface area contributed by atoms with Gasteiger partial charge in [-0.25, -0.2) is 0 Å². The van der Waals surface area contributed by atoms with E-state index in [0.717, 1.165) is 18.9 Å². The molecule has 66 valence electrons. The van der Waals surface area contributed by atoms with Crippen LogP contribution in [0, 0.1) is 5.92 Å². The number of rotatable bonds is 2. The van der Waals surface area contributed by atoms with Crippen LogP contribution in [0.5, 0.6) is 0 Å². The van der Waals surface area contributed by atoms with Crippen molar-refractivity contribution in [1.29, 1.82) is 0 Å². The lowest BCUT2D eigenvalue weighted by molar-refractivity contribution is 0.281. The van der Waals surface area contributed by atoms with Crippen molar-refractivity contribution in [2.45, 2.75) is 40.5 Å². The fraction of sp³-hybridized carbons (Fsp3) is 0.800. The third-order valence-corrected chi connectivity index (χ3v) is 1.99. The van der Waals surface area contributed by atoms with Crippen molar-refractivity contribution in [2.75, 3.05) is 6.61 Å². The van der Waals surface area contributed by atoms with Crippen LogP contribution in [0.15, 0.2) is 11.8 Å². The summed E-state index contributed by atoms with van der Waals surface area (Å²) in [6.07, 6.45) is 4.30. The van der Waals surface area contributed by atoms with Gasteiger partial charge in [-0.05, 0) is 17.9 Å². The lowest BCUT2D eigenvalue weighted by Gasteiger charge is -2.05. The molecule has 0 saturated heterocycles. The molecule has 0 bridgehead atoms. The van der Waals surface area contributed by atoms with Crippen molar-refractivity contribution < 1.29 is 4.74 Å². The van der Waals surface area contributed by atoms with Crippen molar-refractivity contribution in [3.8, 4) is 0 Å². The van der Waals surface area contributed by atoms with Crippen LogP contribution in [0.1, 0.15) is 40.5 Å². The summed E-state index contributed by atoms with van der Waals surface area (Å²) in [5, 5.41) is 0. The molecule has 11 heavy (non-hydrogen) atoms. The minimum absolute atomic E-state index is 0.729. The first kappa shape index (κ1) is 10.5. The van der Waals surface area contributed by atoms with Crippen molar-refractivity contribution in [1.82, 2.24) is 0 Å². The van der Waals surface area contributed by atoms with Gasteiger partial charge in [0.25, 0.3) is 0 Å². The van der Waals surface area contributed by atoms with E-state index in [1.807, 2.05) is 20.1 Å². The maximum atomic E-state index is 5.12. The molecule has 0 N–H and O–H groups in total. The van der Waals surface area contributed by atoms with Gasteiger partial charge in [0, 0.05) is 6.42 Å². The second-order valence-electron chi connectivity index (χ2n) is 2.62. The molecule has 0 aromatic carbocycles. The lowest BCUT2D eigenvalue weighted by atomic mass is 9.98. The molecule has 0 aliphatic carbocycles. The number of hydrogen-bond donors (Lipinski definition) is 0. The summed E-state index contributed by atoms with van der Waals surface area (Å²) in [6.45, 7) is 9.37. The van der Waals surface area contributed by atoms with E-state index in [9.17, 15) is 0 Å². The van der Waals surface area contributed by atoms with Gasteiger partial charge >= 0.3 is 0 Å². The van der Waals surface area contributed by atoms with Gasteiger partial charge in [-0.3, -0.25) is 0 Å². The summed E-state index contributed by atoms with van der Waals surface area (Å²) in [5.41, 5.74) is 1.48. The molecule has 0 radical (unpaired) electrons. The smallest absolute Gasteiger partial charge is 0.0911 e. The molecule has 1 nitrogen and oxygen atoms in total. The summed E-state index contributed by atoms with van der Waals surface area (Å²) >= 11 is 0. The van der Waals surface area contributed by atoms with Crippen LogP contribution in [0.25, 0.3) is 0 Å². The number of ether oxygens (including phenoxy) is 1. The third kappa shape index (κ3) is 3.45. The average Bonchev–Trinajstić information content (AvgIpc) is 2.59. The summed E-state index contributed by atoms with van der Waals surface area (Å²) in [6, 6.07) is 0. The highest BCUT2D eigenvalue weighted by Crippen LogP contribution is 2.21. The maximum absolute atomic E-state index is 5.12. The van der Waals surface area contributed by atoms with Crippen LogP contribution in [0.4, 0.5) is 0 Å². The van der Waals surface area contributed by atoms with Crippen LogP contribution in [-0.4, -0.2) is 6.61 Å². The van der Waals surface area contributed by atoms with Crippen LogP contribution in [0.2, 0.25) is 0 Å². The average molecular weight is 156 g/mol. The Hall–Kier alpha value is -0.460. The highest BCUT2D eigenvalue weighted by molar-refractivity contribution is 5.05. The summed E-state index contributed by atoms with van der Waals surface area (Å²) in [7, 11) is 0. The van der Waals surface area contributed by atoms with E-state index < -0.39 is 0 Å². The molecule has 0 fully saturated rings. The van der Waals surface area contributed by atoms with E-state index in [-0.39, 0.29) is 0 Å². The Morgan fingerprint density at radius 3 is 2.55 bits per heavy atom. The first-order valence-corrected chi connectivity index (χ1v) is 4.65. The molecule has 1 atom stereocenters. The Kier molecular flexibility index (Phi) is 6.00. The summed E-state index contributed by atoms with van der Waals surface area (Å²) in [5.74, 6) is 0.729. The second kappa shape index (κ2) is 6.26. The molecule has 0 spiro atoms. The van der Waals surface area contributed by atoms with E-state index >= 15 is 0 Å². The SMILES string of the molecule is CC.CCC(C)C1=COCC1. The zero-order chi connectivity index (χ0) is 8.69. The fourth-order valence-electron chi connectivity index (χ4n) is 1.03. The van der Waals surface area contributed by atoms with Crippen molar-refractivity contribution in [3.05, 3.63) is 11.8 Å². The normalized spacial score (nSPS) is 17.6. The maximum Gasteiger partial charge on any atom is 0.0911 e. The molecule has 0 saturated carbocycles. The largest absolute Gasteiger partial charge is 0.501 e. The van der Waals surface area contributed by atoms with Crippen molar-refractivity contribution >= 4 is 0 Å². The van der Waals surface area contributed by atoms with Gasteiger partial charge in [0.15, 0.2) is 0 Å². The summed E-state index contributed by atoms with van der Waals surface area (Å²) < 4.78 is 5.12. The van der Waals surface area contributed by atoms with Crippen LogP contribution in [-0.2, 0) is 4.74 Å². The minimum Gasteiger partial charge on any atom is -0.501 e. The van der Waals surface area contributed by atoms with Gasteiger partial charge in [0.05, 0.1) is 12.9 Å². The van der Waals surface area contributed by atoms with Crippen LogP contribution >= 0.6 is 0 Å². The molecule has 0 amide bonds. The van der Waals surface area contributed by atoms with Gasteiger partial charge < -0.3 is 4.74 Å². The molecule has 1 aliphatic heterocycles. The first-order valence-electron chi connectivity index (χ1n) is 4.65. The zero-order valence-corrected chi connectivity index (χ0v) is 8.18. The monoisotopic (exact) mass is 156 g/mol. The van der Waals surface area contributed by atoms with Crippen LogP contribution < -0.4 is 0 Å². The Balaban J connectivity index is 0.000000461. The molecular weight excluding hydrogens is 136 g/mol. The van der Waals surface area contributed by atoms with E-state index in [2.05, 4.69) is 13.8 Å². The van der Waals surface area contributed by atoms with E-state index in [1.165, 1.54) is 12.0 Å². The van der Waals surface area contributed by atoms with Gasteiger partial charge in [0.2, 0.25) is 0 Å². The molecule has 0 aromatic heterocycles. The van der Waals surface area contributed by atoms with Crippen LogP contribution in [0.3, 0.4) is 0 Å². The van der Waals surface area contributed by atoms with Crippen molar-refractivity contribution in [2.24, 2.45) is 5.92 Å². The molecule has 1 rings (SSSR count). The van der Waals surface area contributed by atoms with Gasteiger partial charge in [-0.1, -0.05) is 27.7 Å². The molecule has 1 heterocycles. The van der Waals surface area contributed by atoms with Gasteiger partial charge in [-0.2, -0.15) is 0 Å².